The number of nitrogens with one attached hydrogen (secondary N) is 1. The number of nitrogens with two attached hydrogens (primary N) is 1. The third-order valence-electron chi connectivity index (χ3n) is 2.37. The fourth-order valence-electron chi connectivity index (χ4n) is 1.47. The van der Waals surface area contributed by atoms with E-state index in [-0.39, 0.29) is 11.6 Å². The number of aryl methyl sites for hydroxylation is 2. The Hall–Kier alpha value is -0.970. The molecule has 1 rings (SSSR count). The number of aromatic nitrogens is 2. The Morgan fingerprint density at radius 3 is 2.53 bits per heavy atom. The maximum absolute atomic E-state index is 11.9. The first-order valence-electron chi connectivity index (χ1n) is 5.69. The highest BCUT2D eigenvalue weighted by Crippen LogP contribution is 2.09. The van der Waals surface area contributed by atoms with Gasteiger partial charge in [0, 0.05) is 19.3 Å². The summed E-state index contributed by atoms with van der Waals surface area (Å²) in [5.41, 5.74) is 0. The quantitative estimate of drug-likeness (QED) is 0.680. The molecule has 110 valence electrons. The van der Waals surface area contributed by atoms with E-state index in [0.29, 0.717) is 12.4 Å². The highest BCUT2D eigenvalue weighted by Gasteiger charge is 2.19. The molecule has 0 unspecified atom stereocenters. The number of imidazole rings is 1. The largest absolute Gasteiger partial charge is 0.334 e. The number of sulfonamides is 2. The molecule has 0 atom stereocenters. The molecule has 1 heterocycles. The van der Waals surface area contributed by atoms with Crippen LogP contribution in [0.15, 0.2) is 11.2 Å². The van der Waals surface area contributed by atoms with Crippen LogP contribution in [0.5, 0.6) is 0 Å². The van der Waals surface area contributed by atoms with Crippen molar-refractivity contribution < 1.29 is 16.8 Å². The standard InChI is InChI=1S/C9H18N4O4S2/c1-3-5-13-7-9(12-8(13)2)19(16,17)11-4-6-18(10,14)15/h7,11H,3-6H2,1-2H3,(H2,10,14,15). The fourth-order valence-corrected chi connectivity index (χ4v) is 3.02. The third-order valence-corrected chi connectivity index (χ3v) is 4.48. The van der Waals surface area contributed by atoms with E-state index in [0.717, 1.165) is 6.42 Å². The van der Waals surface area contributed by atoms with Gasteiger partial charge < -0.3 is 4.57 Å². The number of rotatable bonds is 7. The maximum atomic E-state index is 11.9. The normalized spacial score (nSPS) is 12.8. The van der Waals surface area contributed by atoms with Gasteiger partial charge >= 0.3 is 0 Å². The predicted octanol–water partition coefficient (Wildman–Crippen LogP) is -0.832. The van der Waals surface area contributed by atoms with Gasteiger partial charge in [0.15, 0.2) is 5.03 Å². The molecule has 0 fully saturated rings. The van der Waals surface area contributed by atoms with Crippen molar-refractivity contribution in [3.8, 4) is 0 Å². The molecule has 0 aliphatic carbocycles. The molecule has 0 saturated carbocycles. The van der Waals surface area contributed by atoms with Crippen LogP contribution < -0.4 is 9.86 Å². The lowest BCUT2D eigenvalue weighted by Gasteiger charge is -2.02. The van der Waals surface area contributed by atoms with E-state index in [2.05, 4.69) is 9.71 Å². The lowest BCUT2D eigenvalue weighted by Crippen LogP contribution is -2.31. The second-order valence-electron chi connectivity index (χ2n) is 4.08. The second kappa shape index (κ2) is 5.99. The van der Waals surface area contributed by atoms with Gasteiger partial charge in [-0.15, -0.1) is 0 Å². The maximum Gasteiger partial charge on any atom is 0.259 e. The van der Waals surface area contributed by atoms with Gasteiger partial charge in [0.05, 0.1) is 5.75 Å². The van der Waals surface area contributed by atoms with Gasteiger partial charge in [-0.05, 0) is 13.3 Å². The van der Waals surface area contributed by atoms with Crippen LogP contribution in [-0.2, 0) is 26.6 Å². The van der Waals surface area contributed by atoms with E-state index in [1.165, 1.54) is 6.20 Å². The molecule has 19 heavy (non-hydrogen) atoms. The zero-order valence-corrected chi connectivity index (χ0v) is 12.5. The monoisotopic (exact) mass is 310 g/mol. The molecular weight excluding hydrogens is 292 g/mol. The van der Waals surface area contributed by atoms with Crippen LogP contribution in [0.2, 0.25) is 0 Å². The molecule has 1 aromatic heterocycles. The Morgan fingerprint density at radius 1 is 1.37 bits per heavy atom. The van der Waals surface area contributed by atoms with Gasteiger partial charge in [0.2, 0.25) is 10.0 Å². The summed E-state index contributed by atoms with van der Waals surface area (Å²) in [7, 11) is -7.50. The predicted molar refractivity (Wildman–Crippen MR) is 70.4 cm³/mol. The van der Waals surface area contributed by atoms with Gasteiger partial charge in [-0.3, -0.25) is 0 Å². The van der Waals surface area contributed by atoms with Crippen molar-refractivity contribution in [2.24, 2.45) is 5.14 Å². The zero-order valence-electron chi connectivity index (χ0n) is 10.8. The average molecular weight is 310 g/mol. The zero-order chi connectivity index (χ0) is 14.7. The Bertz CT molecular complexity index is 633. The van der Waals surface area contributed by atoms with E-state index in [1.807, 2.05) is 6.92 Å². The van der Waals surface area contributed by atoms with Crippen LogP contribution in [0, 0.1) is 6.92 Å². The van der Waals surface area contributed by atoms with Crippen LogP contribution in [0.25, 0.3) is 0 Å². The van der Waals surface area contributed by atoms with Crippen LogP contribution in [0.1, 0.15) is 19.2 Å². The van der Waals surface area contributed by atoms with E-state index in [1.54, 1.807) is 11.5 Å². The van der Waals surface area contributed by atoms with Crippen molar-refractivity contribution in [3.05, 3.63) is 12.0 Å². The first kappa shape index (κ1) is 16.1. The minimum Gasteiger partial charge on any atom is -0.334 e. The van der Waals surface area contributed by atoms with Crippen molar-refractivity contribution in [1.82, 2.24) is 14.3 Å². The number of hydrogen-bond acceptors (Lipinski definition) is 5. The summed E-state index contributed by atoms with van der Waals surface area (Å²) in [5.74, 6) is 0.134. The van der Waals surface area contributed by atoms with Crippen LogP contribution >= 0.6 is 0 Å². The first-order valence-corrected chi connectivity index (χ1v) is 8.89. The van der Waals surface area contributed by atoms with Crippen molar-refractivity contribution in [2.75, 3.05) is 12.3 Å². The minimum atomic E-state index is -3.80. The highest BCUT2D eigenvalue weighted by atomic mass is 32.2. The first-order chi connectivity index (χ1) is 8.65. The summed E-state index contributed by atoms with van der Waals surface area (Å²) in [5, 5.41) is 4.67. The molecule has 0 aliphatic heterocycles. The molecular formula is C9H18N4O4S2. The average Bonchev–Trinajstić information content (AvgIpc) is 2.59. The topological polar surface area (TPSA) is 124 Å². The Kier molecular flexibility index (Phi) is 5.07. The van der Waals surface area contributed by atoms with E-state index >= 15 is 0 Å². The summed E-state index contributed by atoms with van der Waals surface area (Å²) in [6.45, 7) is 4.07. The van der Waals surface area contributed by atoms with Crippen molar-refractivity contribution in [1.29, 1.82) is 0 Å². The third kappa shape index (κ3) is 4.90. The Balaban J connectivity index is 2.80. The summed E-state index contributed by atoms with van der Waals surface area (Å²) in [4.78, 5) is 3.95. The minimum absolute atomic E-state index is 0.118. The van der Waals surface area contributed by atoms with Crippen molar-refractivity contribution >= 4 is 20.0 Å². The highest BCUT2D eigenvalue weighted by molar-refractivity contribution is 7.90. The van der Waals surface area contributed by atoms with Gasteiger partial charge in [-0.2, -0.15) is 0 Å². The molecule has 10 heteroatoms. The van der Waals surface area contributed by atoms with Crippen molar-refractivity contribution in [2.45, 2.75) is 31.8 Å². The van der Waals surface area contributed by atoms with E-state index < -0.39 is 25.8 Å². The number of hydrogen-bond donors (Lipinski definition) is 2. The van der Waals surface area contributed by atoms with Gasteiger partial charge in [0.1, 0.15) is 5.82 Å². The Morgan fingerprint density at radius 2 is 2.00 bits per heavy atom. The van der Waals surface area contributed by atoms with E-state index in [9.17, 15) is 16.8 Å². The molecule has 1 aromatic rings. The summed E-state index contributed by atoms with van der Waals surface area (Å²) < 4.78 is 49.1. The smallest absolute Gasteiger partial charge is 0.259 e. The summed E-state index contributed by atoms with van der Waals surface area (Å²) in [6, 6.07) is 0. The SMILES string of the molecule is CCCn1cc(S(=O)(=O)NCCS(N)(=O)=O)nc1C. The number of nitrogens with zero attached hydrogens (tertiary/aromatic N) is 2. The van der Waals surface area contributed by atoms with Gasteiger partial charge in [-0.25, -0.2) is 31.7 Å². The lowest BCUT2D eigenvalue weighted by atomic mass is 10.5. The molecule has 8 nitrogen and oxygen atoms in total. The van der Waals surface area contributed by atoms with Crippen LogP contribution in [0.3, 0.4) is 0 Å². The number of primary sulfonamides is 1. The second-order valence-corrected chi connectivity index (χ2v) is 7.53. The Labute approximate surface area is 113 Å². The fraction of sp³-hybridized carbons (Fsp3) is 0.667. The summed E-state index contributed by atoms with van der Waals surface area (Å²) in [6.07, 6.45) is 2.29. The van der Waals surface area contributed by atoms with E-state index in [4.69, 9.17) is 5.14 Å². The van der Waals surface area contributed by atoms with Crippen molar-refractivity contribution in [3.63, 3.8) is 0 Å². The molecule has 0 aliphatic rings. The van der Waals surface area contributed by atoms with Crippen LogP contribution in [0.4, 0.5) is 0 Å². The molecule has 0 amide bonds. The molecule has 3 N–H and O–H groups in total. The van der Waals surface area contributed by atoms with Gasteiger partial charge in [0.25, 0.3) is 10.0 Å². The van der Waals surface area contributed by atoms with Gasteiger partial charge in [-0.1, -0.05) is 6.92 Å². The molecule has 0 bridgehead atoms. The molecule has 0 aromatic carbocycles. The molecule has 0 spiro atoms. The van der Waals surface area contributed by atoms with Crippen LogP contribution in [-0.4, -0.2) is 38.7 Å². The molecule has 0 radical (unpaired) electrons. The summed E-state index contributed by atoms with van der Waals surface area (Å²) >= 11 is 0. The molecule has 0 saturated heterocycles. The lowest BCUT2D eigenvalue weighted by molar-refractivity contribution is 0.578.